The van der Waals surface area contributed by atoms with E-state index in [1.165, 1.54) is 166 Å². The van der Waals surface area contributed by atoms with Gasteiger partial charge in [0.15, 0.2) is 0 Å². The van der Waals surface area contributed by atoms with E-state index in [1.54, 1.807) is 18.2 Å². The third-order valence-corrected chi connectivity index (χ3v) is 8.18. The molecule has 1 aromatic carbocycles. The number of hydrogen-bond donors (Lipinski definition) is 4. The zero-order chi connectivity index (χ0) is 30.0. The Morgan fingerprint density at radius 1 is 0.475 bits per heavy atom. The Morgan fingerprint density at radius 2 is 0.725 bits per heavy atom. The minimum atomic E-state index is -4.02. The van der Waals surface area contributed by atoms with E-state index in [-0.39, 0.29) is 5.30 Å². The molecular weight excluding hydrogens is 515 g/mol. The van der Waals surface area contributed by atoms with Crippen LogP contribution in [-0.4, -0.2) is 22.9 Å². The molecule has 0 atom stereocenters. The van der Waals surface area contributed by atoms with Crippen LogP contribution in [0.4, 0.5) is 0 Å². The van der Waals surface area contributed by atoms with Gasteiger partial charge in [0.2, 0.25) is 0 Å². The van der Waals surface area contributed by atoms with Gasteiger partial charge < -0.3 is 21.3 Å². The van der Waals surface area contributed by atoms with E-state index in [0.717, 1.165) is 13.1 Å². The molecule has 0 bridgehead atoms. The molecule has 6 N–H and O–H groups in total. The van der Waals surface area contributed by atoms with Gasteiger partial charge in [-0.3, -0.25) is 4.57 Å². The molecule has 40 heavy (non-hydrogen) atoms. The summed E-state index contributed by atoms with van der Waals surface area (Å²) in [4.78, 5) is 17.2. The maximum absolute atomic E-state index is 10.5. The Bertz CT molecular complexity index is 575. The summed E-state index contributed by atoms with van der Waals surface area (Å²) in [6.45, 7) is 6.30. The predicted octanol–water partition coefficient (Wildman–Crippen LogP) is 9.78. The van der Waals surface area contributed by atoms with E-state index in [2.05, 4.69) is 13.8 Å². The molecule has 0 radical (unpaired) electrons. The molecule has 5 nitrogen and oxygen atoms in total. The van der Waals surface area contributed by atoms with E-state index in [4.69, 9.17) is 21.3 Å². The molecule has 0 aliphatic rings. The third kappa shape index (κ3) is 35.3. The van der Waals surface area contributed by atoms with Gasteiger partial charge >= 0.3 is 7.60 Å². The molecule has 0 spiro atoms. The predicted molar refractivity (Wildman–Crippen MR) is 178 cm³/mol. The van der Waals surface area contributed by atoms with Crippen molar-refractivity contribution in [2.75, 3.05) is 13.1 Å². The Kier molecular flexibility index (Phi) is 35.7. The van der Waals surface area contributed by atoms with Crippen LogP contribution in [-0.2, 0) is 4.57 Å². The van der Waals surface area contributed by atoms with Crippen molar-refractivity contribution >= 4 is 12.9 Å². The Labute approximate surface area is 249 Å². The SMILES string of the molecule is CCCCCCCCCCCCCCN.CCCCCCCCCCCCCCN.O=P(O)(O)c1ccccc1. The van der Waals surface area contributed by atoms with Crippen LogP contribution in [0.25, 0.3) is 0 Å². The molecule has 0 aliphatic heterocycles. The van der Waals surface area contributed by atoms with Gasteiger partial charge in [0.1, 0.15) is 0 Å². The average molecular weight is 585 g/mol. The van der Waals surface area contributed by atoms with Crippen LogP contribution in [0, 0.1) is 0 Å². The minimum Gasteiger partial charge on any atom is -0.330 e. The zero-order valence-corrected chi connectivity index (χ0v) is 27.6. The molecule has 0 unspecified atom stereocenters. The van der Waals surface area contributed by atoms with Gasteiger partial charge in [-0.05, 0) is 38.1 Å². The summed E-state index contributed by atoms with van der Waals surface area (Å²) < 4.78 is 10.5. The summed E-state index contributed by atoms with van der Waals surface area (Å²) in [5.41, 5.74) is 10.9. The molecular formula is C34H69N2O3P. The van der Waals surface area contributed by atoms with E-state index >= 15 is 0 Å². The Hall–Kier alpha value is -0.710. The first kappa shape index (κ1) is 41.4. The van der Waals surface area contributed by atoms with Crippen molar-refractivity contribution in [3.63, 3.8) is 0 Å². The second-order valence-electron chi connectivity index (χ2n) is 11.2. The Balaban J connectivity index is 0. The first-order chi connectivity index (χ1) is 19.4. The lowest BCUT2D eigenvalue weighted by atomic mass is 10.1. The van der Waals surface area contributed by atoms with Crippen molar-refractivity contribution in [3.8, 4) is 0 Å². The topological polar surface area (TPSA) is 110 Å². The van der Waals surface area contributed by atoms with Crippen LogP contribution in [0.15, 0.2) is 30.3 Å². The lowest BCUT2D eigenvalue weighted by Gasteiger charge is -2.01. The second-order valence-corrected chi connectivity index (χ2v) is 12.8. The van der Waals surface area contributed by atoms with Crippen LogP contribution in [0.3, 0.4) is 0 Å². The summed E-state index contributed by atoms with van der Waals surface area (Å²) in [5, 5.41) is 0.0648. The first-order valence-electron chi connectivity index (χ1n) is 16.9. The molecule has 0 aromatic heterocycles. The van der Waals surface area contributed by atoms with Crippen molar-refractivity contribution in [2.24, 2.45) is 11.5 Å². The van der Waals surface area contributed by atoms with Gasteiger partial charge in [-0.2, -0.15) is 0 Å². The number of benzene rings is 1. The van der Waals surface area contributed by atoms with E-state index in [1.807, 2.05) is 0 Å². The van der Waals surface area contributed by atoms with Gasteiger partial charge in [-0.1, -0.05) is 173 Å². The summed E-state index contributed by atoms with van der Waals surface area (Å²) >= 11 is 0. The smallest absolute Gasteiger partial charge is 0.330 e. The fourth-order valence-corrected chi connectivity index (χ4v) is 5.15. The first-order valence-corrected chi connectivity index (χ1v) is 18.6. The van der Waals surface area contributed by atoms with Gasteiger partial charge in [0.05, 0.1) is 5.30 Å². The summed E-state index contributed by atoms with van der Waals surface area (Å²) in [7, 11) is -4.02. The quantitative estimate of drug-likeness (QED) is 0.0675. The van der Waals surface area contributed by atoms with Gasteiger partial charge in [0.25, 0.3) is 0 Å². The van der Waals surface area contributed by atoms with Gasteiger partial charge in [-0.15, -0.1) is 0 Å². The number of unbranched alkanes of at least 4 members (excludes halogenated alkanes) is 22. The van der Waals surface area contributed by atoms with Crippen LogP contribution in [0.2, 0.25) is 0 Å². The van der Waals surface area contributed by atoms with Crippen LogP contribution in [0.1, 0.15) is 168 Å². The molecule has 0 amide bonds. The molecule has 6 heteroatoms. The fourth-order valence-electron chi connectivity index (χ4n) is 4.59. The van der Waals surface area contributed by atoms with Gasteiger partial charge in [0, 0.05) is 0 Å². The van der Waals surface area contributed by atoms with Crippen molar-refractivity contribution < 1.29 is 14.4 Å². The van der Waals surface area contributed by atoms with E-state index in [0.29, 0.717) is 0 Å². The largest absolute Gasteiger partial charge is 0.356 e. The molecule has 1 rings (SSSR count). The maximum atomic E-state index is 10.5. The average Bonchev–Trinajstić information content (AvgIpc) is 2.95. The molecule has 0 saturated heterocycles. The van der Waals surface area contributed by atoms with Crippen molar-refractivity contribution in [3.05, 3.63) is 30.3 Å². The van der Waals surface area contributed by atoms with Crippen molar-refractivity contribution in [1.29, 1.82) is 0 Å². The van der Waals surface area contributed by atoms with Crippen molar-refractivity contribution in [2.45, 2.75) is 168 Å². The lowest BCUT2D eigenvalue weighted by Crippen LogP contribution is -2.01. The highest BCUT2D eigenvalue weighted by Crippen LogP contribution is 2.32. The van der Waals surface area contributed by atoms with E-state index in [9.17, 15) is 4.57 Å². The standard InChI is InChI=1S/2C14H31N.C6H7O3P/c2*1-2-3-4-5-6-7-8-9-10-11-12-13-14-15;7-10(8,9)6-4-2-1-3-5-6/h2*2-15H2,1H3;1-5H,(H2,7,8,9). The van der Waals surface area contributed by atoms with Crippen molar-refractivity contribution in [1.82, 2.24) is 0 Å². The minimum absolute atomic E-state index is 0.0648. The van der Waals surface area contributed by atoms with Crippen LogP contribution >= 0.6 is 7.60 Å². The number of rotatable bonds is 25. The fraction of sp³-hybridized carbons (Fsp3) is 0.824. The summed E-state index contributed by atoms with van der Waals surface area (Å²) in [6.07, 6.45) is 33.8. The summed E-state index contributed by atoms with van der Waals surface area (Å²) in [6, 6.07) is 7.70. The van der Waals surface area contributed by atoms with Crippen LogP contribution < -0.4 is 16.8 Å². The highest BCUT2D eigenvalue weighted by atomic mass is 31.2. The lowest BCUT2D eigenvalue weighted by molar-refractivity contribution is 0.387. The Morgan fingerprint density at radius 3 is 0.925 bits per heavy atom. The highest BCUT2D eigenvalue weighted by molar-refractivity contribution is 7.60. The second kappa shape index (κ2) is 34.5. The normalized spacial score (nSPS) is 10.9. The monoisotopic (exact) mass is 585 g/mol. The molecule has 0 aliphatic carbocycles. The third-order valence-electron chi connectivity index (χ3n) is 7.21. The molecule has 0 saturated carbocycles. The van der Waals surface area contributed by atoms with Crippen LogP contribution in [0.5, 0.6) is 0 Å². The van der Waals surface area contributed by atoms with Gasteiger partial charge in [-0.25, -0.2) is 0 Å². The zero-order valence-electron chi connectivity index (χ0n) is 26.7. The maximum Gasteiger partial charge on any atom is 0.356 e. The van der Waals surface area contributed by atoms with E-state index < -0.39 is 7.60 Å². The molecule has 0 heterocycles. The highest BCUT2D eigenvalue weighted by Gasteiger charge is 2.14. The molecule has 238 valence electrons. The number of hydrogen-bond acceptors (Lipinski definition) is 3. The molecule has 0 fully saturated rings. The molecule has 1 aromatic rings. The summed E-state index contributed by atoms with van der Waals surface area (Å²) in [5.74, 6) is 0. The number of nitrogens with two attached hydrogens (primary N) is 2.